The molecule has 0 aliphatic heterocycles. The van der Waals surface area contributed by atoms with E-state index in [1.165, 1.54) is 39.8 Å². The van der Waals surface area contributed by atoms with E-state index in [-0.39, 0.29) is 17.3 Å². The number of aromatic nitrogens is 2. The van der Waals surface area contributed by atoms with Crippen LogP contribution in [-0.4, -0.2) is 26.9 Å². The fourth-order valence-corrected chi connectivity index (χ4v) is 4.34. The van der Waals surface area contributed by atoms with Crippen LogP contribution in [0.4, 0.5) is 10.1 Å². The Hall–Kier alpha value is -2.65. The molecule has 0 saturated heterocycles. The van der Waals surface area contributed by atoms with E-state index in [1.807, 2.05) is 39.1 Å². The van der Waals surface area contributed by atoms with Gasteiger partial charge in [0.2, 0.25) is 5.91 Å². The third-order valence-electron chi connectivity index (χ3n) is 4.89. The summed E-state index contributed by atoms with van der Waals surface area (Å²) in [6, 6.07) is 6.57. The van der Waals surface area contributed by atoms with Gasteiger partial charge >= 0.3 is 0 Å². The van der Waals surface area contributed by atoms with Crippen molar-refractivity contribution in [3.63, 3.8) is 0 Å². The van der Waals surface area contributed by atoms with Gasteiger partial charge in [-0.1, -0.05) is 17.5 Å². The van der Waals surface area contributed by atoms with Crippen LogP contribution >= 0.6 is 22.9 Å². The van der Waals surface area contributed by atoms with Crippen LogP contribution < -0.4 is 10.2 Å². The molecule has 0 bridgehead atoms. The summed E-state index contributed by atoms with van der Waals surface area (Å²) in [4.78, 5) is 29.0. The third kappa shape index (κ3) is 4.73. The lowest BCUT2D eigenvalue weighted by molar-refractivity contribution is -0.124. The Morgan fingerprint density at radius 3 is 2.63 bits per heavy atom. The minimum atomic E-state index is -0.980. The molecule has 6 nitrogen and oxygen atoms in total. The summed E-state index contributed by atoms with van der Waals surface area (Å²) in [5.41, 5.74) is 0.778. The normalized spacial score (nSPS) is 12.4. The van der Waals surface area contributed by atoms with Gasteiger partial charge in [-0.3, -0.25) is 14.5 Å². The van der Waals surface area contributed by atoms with E-state index in [0.29, 0.717) is 11.3 Å². The molecule has 2 heterocycles. The molecular weight excluding hydrogens is 423 g/mol. The first-order chi connectivity index (χ1) is 14.2. The molecule has 0 spiro atoms. The van der Waals surface area contributed by atoms with Crippen molar-refractivity contribution in [1.29, 1.82) is 0 Å². The van der Waals surface area contributed by atoms with Gasteiger partial charge in [0.1, 0.15) is 5.82 Å². The van der Waals surface area contributed by atoms with Crippen molar-refractivity contribution in [3.8, 4) is 0 Å². The van der Waals surface area contributed by atoms with E-state index in [9.17, 15) is 14.0 Å². The van der Waals surface area contributed by atoms with Crippen LogP contribution in [0.3, 0.4) is 0 Å². The molecule has 1 atom stereocenters. The number of carbonyl (C=O) groups is 2. The second-order valence-corrected chi connectivity index (χ2v) is 9.10. The molecule has 2 aromatic heterocycles. The molecule has 30 heavy (non-hydrogen) atoms. The van der Waals surface area contributed by atoms with Crippen LogP contribution in [0.25, 0.3) is 0 Å². The quantitative estimate of drug-likeness (QED) is 0.569. The molecule has 1 N–H and O–H groups in total. The van der Waals surface area contributed by atoms with Crippen molar-refractivity contribution >= 4 is 40.4 Å². The number of benzene rings is 1. The number of hydrogen-bond acceptors (Lipinski definition) is 6. The maximum Gasteiger partial charge on any atom is 0.280 e. The standard InChI is InChI=1S/C21H23FN4O2S2/c1-5-21(3,4)23-19(27)17(18-13(2)9-10-29-18)26(15-8-6-7-14(22)11-15)20(28)16-12-30-25-24-16/h6-12,17H,5H2,1-4H3,(H,23,27). The van der Waals surface area contributed by atoms with Crippen LogP contribution in [0.5, 0.6) is 0 Å². The van der Waals surface area contributed by atoms with E-state index in [2.05, 4.69) is 14.9 Å². The number of aryl methyl sites for hydroxylation is 1. The van der Waals surface area contributed by atoms with E-state index in [4.69, 9.17) is 0 Å². The van der Waals surface area contributed by atoms with Crippen molar-refractivity contribution in [3.05, 3.63) is 63.0 Å². The third-order valence-corrected chi connectivity index (χ3v) is 6.46. The first-order valence-corrected chi connectivity index (χ1v) is 11.2. The van der Waals surface area contributed by atoms with Crippen LogP contribution in [0.15, 0.2) is 41.1 Å². The highest BCUT2D eigenvalue weighted by Gasteiger charge is 2.37. The van der Waals surface area contributed by atoms with Gasteiger partial charge in [0.15, 0.2) is 11.7 Å². The monoisotopic (exact) mass is 446 g/mol. The molecule has 2 amide bonds. The number of hydrogen-bond donors (Lipinski definition) is 1. The molecule has 0 fully saturated rings. The maximum absolute atomic E-state index is 14.1. The van der Waals surface area contributed by atoms with Gasteiger partial charge in [0.05, 0.1) is 0 Å². The number of anilines is 1. The van der Waals surface area contributed by atoms with Gasteiger partial charge in [-0.2, -0.15) is 0 Å². The van der Waals surface area contributed by atoms with E-state index >= 15 is 0 Å². The first-order valence-electron chi connectivity index (χ1n) is 9.45. The SMILES string of the molecule is CCC(C)(C)NC(=O)C(c1sccc1C)N(C(=O)c1csnn1)c1cccc(F)c1. The van der Waals surface area contributed by atoms with Crippen molar-refractivity contribution in [2.75, 3.05) is 4.90 Å². The van der Waals surface area contributed by atoms with Crippen LogP contribution in [-0.2, 0) is 4.79 Å². The lowest BCUT2D eigenvalue weighted by Gasteiger charge is -2.34. The molecule has 3 aromatic rings. The van der Waals surface area contributed by atoms with E-state index < -0.39 is 23.3 Å². The lowest BCUT2D eigenvalue weighted by atomic mass is 10.00. The average Bonchev–Trinajstić information content (AvgIpc) is 3.37. The lowest BCUT2D eigenvalue weighted by Crippen LogP contribution is -2.50. The van der Waals surface area contributed by atoms with Gasteiger partial charge in [0, 0.05) is 21.5 Å². The Morgan fingerprint density at radius 1 is 1.30 bits per heavy atom. The smallest absolute Gasteiger partial charge is 0.280 e. The minimum absolute atomic E-state index is 0.103. The molecular formula is C21H23FN4O2S2. The van der Waals surface area contributed by atoms with Crippen molar-refractivity contribution in [1.82, 2.24) is 14.9 Å². The summed E-state index contributed by atoms with van der Waals surface area (Å²) in [6.45, 7) is 7.70. The van der Waals surface area contributed by atoms with E-state index in [1.54, 1.807) is 6.07 Å². The Labute approximate surface area is 182 Å². The van der Waals surface area contributed by atoms with Gasteiger partial charge in [-0.05, 0) is 73.9 Å². The summed E-state index contributed by atoms with van der Waals surface area (Å²) in [7, 11) is 0. The van der Waals surface area contributed by atoms with Gasteiger partial charge in [0.25, 0.3) is 5.91 Å². The van der Waals surface area contributed by atoms with Gasteiger partial charge < -0.3 is 5.32 Å². The summed E-state index contributed by atoms with van der Waals surface area (Å²) >= 11 is 2.42. The zero-order valence-electron chi connectivity index (χ0n) is 17.2. The Kier molecular flexibility index (Phi) is 6.62. The van der Waals surface area contributed by atoms with Crippen molar-refractivity contribution in [2.24, 2.45) is 0 Å². The number of halogens is 1. The number of rotatable bonds is 7. The number of carbonyl (C=O) groups excluding carboxylic acids is 2. The largest absolute Gasteiger partial charge is 0.349 e. The maximum atomic E-state index is 14.1. The summed E-state index contributed by atoms with van der Waals surface area (Å²) < 4.78 is 17.8. The predicted molar refractivity (Wildman–Crippen MR) is 117 cm³/mol. The van der Waals surface area contributed by atoms with Crippen molar-refractivity contribution < 1.29 is 14.0 Å². The molecule has 3 rings (SSSR count). The second kappa shape index (κ2) is 9.01. The average molecular weight is 447 g/mol. The fraction of sp³-hybridized carbons (Fsp3) is 0.333. The first kappa shape index (κ1) is 22.0. The summed E-state index contributed by atoms with van der Waals surface area (Å²) in [6.07, 6.45) is 0.707. The van der Waals surface area contributed by atoms with Gasteiger partial charge in [-0.15, -0.1) is 16.4 Å². The molecule has 158 valence electrons. The highest BCUT2D eigenvalue weighted by atomic mass is 32.1. The van der Waals surface area contributed by atoms with Gasteiger partial charge in [-0.25, -0.2) is 4.39 Å². The molecule has 0 aliphatic rings. The molecule has 1 aromatic carbocycles. The topological polar surface area (TPSA) is 75.2 Å². The highest BCUT2D eigenvalue weighted by molar-refractivity contribution is 7.10. The molecule has 0 radical (unpaired) electrons. The number of amides is 2. The van der Waals surface area contributed by atoms with Crippen LogP contribution in [0, 0.1) is 12.7 Å². The zero-order chi connectivity index (χ0) is 21.9. The second-order valence-electron chi connectivity index (χ2n) is 7.54. The zero-order valence-corrected chi connectivity index (χ0v) is 18.8. The van der Waals surface area contributed by atoms with Crippen LogP contribution in [0.2, 0.25) is 0 Å². The van der Waals surface area contributed by atoms with Crippen LogP contribution in [0.1, 0.15) is 54.2 Å². The van der Waals surface area contributed by atoms with E-state index in [0.717, 1.165) is 17.1 Å². The molecule has 0 aliphatic carbocycles. The molecule has 0 saturated carbocycles. The highest BCUT2D eigenvalue weighted by Crippen LogP contribution is 2.35. The molecule has 9 heteroatoms. The van der Waals surface area contributed by atoms with Crippen molar-refractivity contribution in [2.45, 2.75) is 45.7 Å². The minimum Gasteiger partial charge on any atom is -0.349 e. The number of thiophene rings is 1. The Morgan fingerprint density at radius 2 is 2.07 bits per heavy atom. The number of nitrogens with zero attached hydrogens (tertiary/aromatic N) is 3. The fourth-order valence-electron chi connectivity index (χ4n) is 2.90. The summed E-state index contributed by atoms with van der Waals surface area (Å²) in [5.74, 6) is -1.36. The Balaban J connectivity index is 2.17. The Bertz CT molecular complexity index is 1030. The molecule has 1 unspecified atom stereocenters. The predicted octanol–water partition coefficient (Wildman–Crippen LogP) is 4.74. The summed E-state index contributed by atoms with van der Waals surface area (Å²) in [5, 5.41) is 10.3. The number of nitrogens with one attached hydrogen (secondary N) is 1.